The van der Waals surface area contributed by atoms with E-state index in [1.165, 1.54) is 5.56 Å². The Hall–Kier alpha value is -2.16. The number of hydrogen-bond acceptors (Lipinski definition) is 2. The number of hydrogen-bond donors (Lipinski definition) is 1. The van der Waals surface area contributed by atoms with E-state index in [2.05, 4.69) is 22.5 Å². The summed E-state index contributed by atoms with van der Waals surface area (Å²) in [4.78, 5) is 0. The van der Waals surface area contributed by atoms with Gasteiger partial charge in [-0.25, -0.2) is 0 Å². The van der Waals surface area contributed by atoms with Crippen molar-refractivity contribution in [1.82, 2.24) is 0 Å². The van der Waals surface area contributed by atoms with Gasteiger partial charge in [-0.3, -0.25) is 0 Å². The monoisotopic (exact) mass is 225 g/mol. The Morgan fingerprint density at radius 3 is 2.06 bits per heavy atom. The van der Waals surface area contributed by atoms with E-state index in [9.17, 15) is 0 Å². The van der Waals surface area contributed by atoms with Gasteiger partial charge in [0.15, 0.2) is 0 Å². The Morgan fingerprint density at radius 1 is 0.882 bits per heavy atom. The average Bonchev–Trinajstić information content (AvgIpc) is 2.40. The zero-order valence-corrected chi connectivity index (χ0v) is 9.53. The van der Waals surface area contributed by atoms with E-state index < -0.39 is 0 Å². The molecule has 86 valence electrons. The SMILES string of the molecule is NN=N[C@@H](Cc1ccccc1)c1ccccc1. The number of rotatable bonds is 4. The van der Waals surface area contributed by atoms with Crippen LogP contribution in [0.4, 0.5) is 0 Å². The van der Waals surface area contributed by atoms with Crippen molar-refractivity contribution in [2.24, 2.45) is 16.2 Å². The molecule has 0 amide bonds. The highest BCUT2D eigenvalue weighted by molar-refractivity contribution is 5.23. The zero-order chi connectivity index (χ0) is 11.9. The van der Waals surface area contributed by atoms with Gasteiger partial charge in [-0.15, -0.1) is 0 Å². The molecule has 0 bridgehead atoms. The molecule has 2 aromatic carbocycles. The highest BCUT2D eigenvalue weighted by Crippen LogP contribution is 2.22. The summed E-state index contributed by atoms with van der Waals surface area (Å²) in [5.74, 6) is 5.18. The smallest absolute Gasteiger partial charge is 0.102 e. The Kier molecular flexibility index (Phi) is 3.86. The van der Waals surface area contributed by atoms with Gasteiger partial charge in [0.2, 0.25) is 0 Å². The normalized spacial score (nSPS) is 12.7. The molecule has 0 unspecified atom stereocenters. The molecular formula is C14H15N3. The first-order valence-corrected chi connectivity index (χ1v) is 5.59. The van der Waals surface area contributed by atoms with Crippen molar-refractivity contribution in [2.75, 3.05) is 0 Å². The van der Waals surface area contributed by atoms with Gasteiger partial charge >= 0.3 is 0 Å². The van der Waals surface area contributed by atoms with Crippen molar-refractivity contribution in [3.63, 3.8) is 0 Å². The van der Waals surface area contributed by atoms with Gasteiger partial charge in [0.25, 0.3) is 0 Å². The highest BCUT2D eigenvalue weighted by atomic mass is 15.3. The molecule has 2 aromatic rings. The second-order valence-corrected chi connectivity index (χ2v) is 3.85. The predicted molar refractivity (Wildman–Crippen MR) is 68.4 cm³/mol. The molecular weight excluding hydrogens is 210 g/mol. The lowest BCUT2D eigenvalue weighted by Crippen LogP contribution is -2.00. The molecule has 2 N–H and O–H groups in total. The van der Waals surface area contributed by atoms with Crippen LogP contribution in [-0.2, 0) is 6.42 Å². The molecule has 17 heavy (non-hydrogen) atoms. The van der Waals surface area contributed by atoms with E-state index in [1.54, 1.807) is 0 Å². The average molecular weight is 225 g/mol. The molecule has 0 aliphatic carbocycles. The van der Waals surface area contributed by atoms with Crippen LogP contribution in [0.2, 0.25) is 0 Å². The van der Waals surface area contributed by atoms with E-state index in [0.29, 0.717) is 0 Å². The minimum absolute atomic E-state index is 0.0106. The second-order valence-electron chi connectivity index (χ2n) is 3.85. The largest absolute Gasteiger partial charge is 0.305 e. The van der Waals surface area contributed by atoms with Crippen LogP contribution in [0.3, 0.4) is 0 Å². The number of benzene rings is 2. The third-order valence-electron chi connectivity index (χ3n) is 2.66. The van der Waals surface area contributed by atoms with Crippen LogP contribution in [0.25, 0.3) is 0 Å². The number of nitrogens with two attached hydrogens (primary N) is 1. The molecule has 0 aromatic heterocycles. The molecule has 0 radical (unpaired) electrons. The Bertz CT molecular complexity index is 465. The maximum Gasteiger partial charge on any atom is 0.102 e. The van der Waals surface area contributed by atoms with Crippen LogP contribution in [0.5, 0.6) is 0 Å². The third kappa shape index (κ3) is 3.14. The van der Waals surface area contributed by atoms with Crippen LogP contribution in [-0.4, -0.2) is 0 Å². The molecule has 1 atom stereocenters. The molecule has 0 spiro atoms. The first kappa shape index (κ1) is 11.3. The van der Waals surface area contributed by atoms with Gasteiger partial charge in [-0.1, -0.05) is 65.9 Å². The highest BCUT2D eigenvalue weighted by Gasteiger charge is 2.10. The van der Waals surface area contributed by atoms with Gasteiger partial charge in [-0.2, -0.15) is 5.11 Å². The van der Waals surface area contributed by atoms with Crippen LogP contribution in [0, 0.1) is 0 Å². The standard InChI is InChI=1S/C14H15N3/c15-17-16-14(13-9-5-2-6-10-13)11-12-7-3-1-4-8-12/h1-10,14H,11H2,(H2,15,16)/t14-/m0/s1. The van der Waals surface area contributed by atoms with Gasteiger partial charge in [0.05, 0.1) is 0 Å². The van der Waals surface area contributed by atoms with Crippen molar-refractivity contribution in [3.05, 3.63) is 71.8 Å². The number of nitrogens with zero attached hydrogens (tertiary/aromatic N) is 2. The van der Waals surface area contributed by atoms with Crippen molar-refractivity contribution >= 4 is 0 Å². The van der Waals surface area contributed by atoms with E-state index in [4.69, 9.17) is 5.84 Å². The van der Waals surface area contributed by atoms with Crippen LogP contribution >= 0.6 is 0 Å². The Labute approximate surface area is 101 Å². The summed E-state index contributed by atoms with van der Waals surface area (Å²) < 4.78 is 0. The predicted octanol–water partition coefficient (Wildman–Crippen LogP) is 3.30. The maximum absolute atomic E-state index is 5.18. The Morgan fingerprint density at radius 2 is 1.47 bits per heavy atom. The minimum atomic E-state index is -0.0106. The molecule has 0 heterocycles. The fourth-order valence-electron chi connectivity index (χ4n) is 1.82. The van der Waals surface area contributed by atoms with Crippen molar-refractivity contribution in [3.8, 4) is 0 Å². The minimum Gasteiger partial charge on any atom is -0.305 e. The van der Waals surface area contributed by atoms with Crippen molar-refractivity contribution in [2.45, 2.75) is 12.5 Å². The van der Waals surface area contributed by atoms with Gasteiger partial charge in [0.1, 0.15) is 6.04 Å². The molecule has 0 saturated carbocycles. The fourth-order valence-corrected chi connectivity index (χ4v) is 1.82. The second kappa shape index (κ2) is 5.80. The van der Waals surface area contributed by atoms with E-state index in [1.807, 2.05) is 48.5 Å². The van der Waals surface area contributed by atoms with Crippen LogP contribution in [0.1, 0.15) is 17.2 Å². The lowest BCUT2D eigenvalue weighted by atomic mass is 10.00. The summed E-state index contributed by atoms with van der Waals surface area (Å²) in [6.45, 7) is 0. The first-order chi connectivity index (χ1) is 8.40. The summed E-state index contributed by atoms with van der Waals surface area (Å²) in [7, 11) is 0. The summed E-state index contributed by atoms with van der Waals surface area (Å²) in [6.07, 6.45) is 0.811. The maximum atomic E-state index is 5.18. The van der Waals surface area contributed by atoms with E-state index >= 15 is 0 Å². The summed E-state index contributed by atoms with van der Waals surface area (Å²) in [6, 6.07) is 20.3. The molecule has 0 aliphatic heterocycles. The summed E-state index contributed by atoms with van der Waals surface area (Å²) in [5, 5.41) is 7.53. The van der Waals surface area contributed by atoms with Crippen LogP contribution < -0.4 is 5.84 Å². The summed E-state index contributed by atoms with van der Waals surface area (Å²) >= 11 is 0. The van der Waals surface area contributed by atoms with E-state index in [0.717, 1.165) is 12.0 Å². The molecule has 0 aliphatic rings. The van der Waals surface area contributed by atoms with Crippen molar-refractivity contribution < 1.29 is 0 Å². The quantitative estimate of drug-likeness (QED) is 0.484. The lowest BCUT2D eigenvalue weighted by molar-refractivity contribution is 0.667. The lowest BCUT2D eigenvalue weighted by Gasteiger charge is -2.11. The van der Waals surface area contributed by atoms with Crippen LogP contribution in [0.15, 0.2) is 71.0 Å². The van der Waals surface area contributed by atoms with E-state index in [-0.39, 0.29) is 6.04 Å². The first-order valence-electron chi connectivity index (χ1n) is 5.59. The topological polar surface area (TPSA) is 50.7 Å². The zero-order valence-electron chi connectivity index (χ0n) is 9.53. The Balaban J connectivity index is 2.19. The van der Waals surface area contributed by atoms with Crippen molar-refractivity contribution in [1.29, 1.82) is 0 Å². The van der Waals surface area contributed by atoms with Gasteiger partial charge in [-0.05, 0) is 11.1 Å². The van der Waals surface area contributed by atoms with Gasteiger partial charge in [0, 0.05) is 6.42 Å². The third-order valence-corrected chi connectivity index (χ3v) is 2.66. The molecule has 3 nitrogen and oxygen atoms in total. The molecule has 3 heteroatoms. The summed E-state index contributed by atoms with van der Waals surface area (Å²) in [5.41, 5.74) is 2.36. The fraction of sp³-hybridized carbons (Fsp3) is 0.143. The molecule has 0 fully saturated rings. The molecule has 0 saturated heterocycles. The van der Waals surface area contributed by atoms with Gasteiger partial charge < -0.3 is 5.84 Å². The molecule has 2 rings (SSSR count).